The number of aromatic nitrogens is 3. The number of benzene rings is 2. The first-order valence-electron chi connectivity index (χ1n) is 9.23. The molecule has 0 spiro atoms. The number of rotatable bonds is 6. The Bertz CT molecular complexity index is 1230. The van der Waals surface area contributed by atoms with E-state index in [1.165, 1.54) is 53.5 Å². The molecule has 4 aromatic rings. The lowest BCUT2D eigenvalue weighted by Crippen LogP contribution is -2.08. The second kappa shape index (κ2) is 9.00. The molecular formula is C23H16F2N4O2. The van der Waals surface area contributed by atoms with Crippen LogP contribution in [0.1, 0.15) is 5.56 Å². The molecule has 0 unspecified atom stereocenters. The number of imidazole rings is 1. The van der Waals surface area contributed by atoms with Crippen molar-refractivity contribution >= 4 is 17.7 Å². The molecule has 8 heteroatoms. The molecule has 6 nitrogen and oxygen atoms in total. The van der Waals surface area contributed by atoms with Crippen LogP contribution in [0.5, 0.6) is 11.5 Å². The smallest absolute Gasteiger partial charge is 0.248 e. The van der Waals surface area contributed by atoms with E-state index in [2.05, 4.69) is 15.3 Å². The van der Waals surface area contributed by atoms with E-state index < -0.39 is 17.5 Å². The van der Waals surface area contributed by atoms with E-state index in [4.69, 9.17) is 4.74 Å². The monoisotopic (exact) mass is 418 g/mol. The maximum Gasteiger partial charge on any atom is 0.248 e. The van der Waals surface area contributed by atoms with E-state index in [0.717, 1.165) is 0 Å². The van der Waals surface area contributed by atoms with Gasteiger partial charge in [0.2, 0.25) is 5.91 Å². The summed E-state index contributed by atoms with van der Waals surface area (Å²) in [5.41, 5.74) is 1.07. The number of nitrogens with zero attached hydrogens (tertiary/aromatic N) is 3. The highest BCUT2D eigenvalue weighted by Gasteiger charge is 2.08. The van der Waals surface area contributed by atoms with Crippen molar-refractivity contribution in [1.82, 2.24) is 14.5 Å². The number of carbonyl (C=O) groups is 1. The Balaban J connectivity index is 1.40. The fraction of sp³-hybridized carbons (Fsp3) is 0. The third kappa shape index (κ3) is 4.99. The lowest BCUT2D eigenvalue weighted by atomic mass is 10.2. The molecule has 31 heavy (non-hydrogen) atoms. The van der Waals surface area contributed by atoms with Gasteiger partial charge in [0.15, 0.2) is 11.6 Å². The van der Waals surface area contributed by atoms with Crippen molar-refractivity contribution in [3.63, 3.8) is 0 Å². The van der Waals surface area contributed by atoms with Crippen LogP contribution in [-0.2, 0) is 4.79 Å². The van der Waals surface area contributed by atoms with Gasteiger partial charge in [-0.1, -0.05) is 6.07 Å². The van der Waals surface area contributed by atoms with Gasteiger partial charge >= 0.3 is 0 Å². The van der Waals surface area contributed by atoms with Crippen LogP contribution < -0.4 is 10.1 Å². The molecule has 0 saturated heterocycles. The molecule has 1 amide bonds. The summed E-state index contributed by atoms with van der Waals surface area (Å²) in [7, 11) is 0. The van der Waals surface area contributed by atoms with E-state index >= 15 is 0 Å². The van der Waals surface area contributed by atoms with Crippen LogP contribution in [0, 0.1) is 11.6 Å². The minimum absolute atomic E-state index is 0.0445. The van der Waals surface area contributed by atoms with E-state index in [9.17, 15) is 13.6 Å². The quantitative estimate of drug-likeness (QED) is 0.448. The van der Waals surface area contributed by atoms with Gasteiger partial charge in [0.25, 0.3) is 0 Å². The van der Waals surface area contributed by atoms with E-state index in [1.807, 2.05) is 0 Å². The molecule has 0 saturated carbocycles. The average molecular weight is 418 g/mol. The lowest BCUT2D eigenvalue weighted by Gasteiger charge is -2.07. The second-order valence-corrected chi connectivity index (χ2v) is 6.44. The van der Waals surface area contributed by atoms with Crippen molar-refractivity contribution in [1.29, 1.82) is 0 Å². The van der Waals surface area contributed by atoms with Crippen LogP contribution in [0.15, 0.2) is 85.7 Å². The fourth-order valence-electron chi connectivity index (χ4n) is 2.79. The predicted molar refractivity (Wildman–Crippen MR) is 112 cm³/mol. The first kappa shape index (κ1) is 20.0. The normalized spacial score (nSPS) is 10.9. The van der Waals surface area contributed by atoms with Crippen molar-refractivity contribution in [2.75, 3.05) is 5.32 Å². The Morgan fingerprint density at radius 1 is 1.03 bits per heavy atom. The van der Waals surface area contributed by atoms with Gasteiger partial charge in [-0.15, -0.1) is 0 Å². The lowest BCUT2D eigenvalue weighted by molar-refractivity contribution is -0.111. The van der Waals surface area contributed by atoms with Gasteiger partial charge in [-0.05, 0) is 54.1 Å². The maximum atomic E-state index is 14.3. The largest absolute Gasteiger partial charge is 0.453 e. The van der Waals surface area contributed by atoms with E-state index in [-0.39, 0.29) is 5.75 Å². The van der Waals surface area contributed by atoms with Crippen molar-refractivity contribution in [2.24, 2.45) is 0 Å². The van der Waals surface area contributed by atoms with Crippen LogP contribution in [0.2, 0.25) is 0 Å². The van der Waals surface area contributed by atoms with Gasteiger partial charge in [0, 0.05) is 30.4 Å². The number of amides is 1. The minimum atomic E-state index is -0.580. The summed E-state index contributed by atoms with van der Waals surface area (Å²) in [6.45, 7) is 0. The Morgan fingerprint density at radius 3 is 2.65 bits per heavy atom. The van der Waals surface area contributed by atoms with Gasteiger partial charge in [-0.2, -0.15) is 0 Å². The maximum absolute atomic E-state index is 14.3. The van der Waals surface area contributed by atoms with Crippen molar-refractivity contribution < 1.29 is 18.3 Å². The van der Waals surface area contributed by atoms with Gasteiger partial charge in [-0.3, -0.25) is 9.78 Å². The van der Waals surface area contributed by atoms with Gasteiger partial charge in [-0.25, -0.2) is 13.8 Å². The first-order valence-corrected chi connectivity index (χ1v) is 9.23. The minimum Gasteiger partial charge on any atom is -0.453 e. The fourth-order valence-corrected chi connectivity index (χ4v) is 2.79. The van der Waals surface area contributed by atoms with Gasteiger partial charge in [0.05, 0.1) is 18.2 Å². The predicted octanol–water partition coefficient (Wildman–Crippen LogP) is 4.99. The standard InChI is InChI=1S/C23H16F2N4O2/c24-19-13-17(5-6-21(19)29-11-10-27-15-29)28-23(30)8-4-16-3-7-22(20(25)12-16)31-18-2-1-9-26-14-18/h1-15H,(H,28,30)/b8-4+. The Labute approximate surface area is 176 Å². The molecule has 4 rings (SSSR count). The number of hydrogen-bond acceptors (Lipinski definition) is 4. The second-order valence-electron chi connectivity index (χ2n) is 6.44. The molecular weight excluding hydrogens is 402 g/mol. The molecule has 0 atom stereocenters. The zero-order chi connectivity index (χ0) is 21.6. The van der Waals surface area contributed by atoms with Crippen LogP contribution in [0.25, 0.3) is 11.8 Å². The van der Waals surface area contributed by atoms with Crippen molar-refractivity contribution in [2.45, 2.75) is 0 Å². The third-order valence-corrected chi connectivity index (χ3v) is 4.24. The van der Waals surface area contributed by atoms with Crippen LogP contribution in [-0.4, -0.2) is 20.4 Å². The zero-order valence-electron chi connectivity index (χ0n) is 16.1. The molecule has 0 radical (unpaired) electrons. The van der Waals surface area contributed by atoms with E-state index in [0.29, 0.717) is 22.7 Å². The van der Waals surface area contributed by atoms with Crippen LogP contribution in [0.3, 0.4) is 0 Å². The summed E-state index contributed by atoms with van der Waals surface area (Å²) in [6.07, 6.45) is 10.4. The number of halogens is 2. The highest BCUT2D eigenvalue weighted by Crippen LogP contribution is 2.25. The molecule has 2 aromatic heterocycles. The highest BCUT2D eigenvalue weighted by molar-refractivity contribution is 6.02. The highest BCUT2D eigenvalue weighted by atomic mass is 19.1. The molecule has 1 N–H and O–H groups in total. The van der Waals surface area contributed by atoms with Crippen LogP contribution in [0.4, 0.5) is 14.5 Å². The summed E-state index contributed by atoms with van der Waals surface area (Å²) in [5.74, 6) is -1.11. The molecule has 0 aliphatic carbocycles. The number of hydrogen-bond donors (Lipinski definition) is 1. The molecule has 0 aliphatic rings. The molecule has 0 bridgehead atoms. The SMILES string of the molecule is O=C(/C=C/c1ccc(Oc2cccnc2)c(F)c1)Nc1ccc(-n2ccnc2)c(F)c1. The molecule has 2 aromatic carbocycles. The Hall–Kier alpha value is -4.33. The number of nitrogens with one attached hydrogen (secondary N) is 1. The van der Waals surface area contributed by atoms with Crippen LogP contribution >= 0.6 is 0 Å². The number of anilines is 1. The average Bonchev–Trinajstić information content (AvgIpc) is 3.29. The summed E-state index contributed by atoms with van der Waals surface area (Å²) in [6, 6.07) is 12.0. The molecule has 2 heterocycles. The summed E-state index contributed by atoms with van der Waals surface area (Å²) < 4.78 is 35.5. The van der Waals surface area contributed by atoms with Crippen molar-refractivity contribution in [3.8, 4) is 17.2 Å². The van der Waals surface area contributed by atoms with Gasteiger partial charge < -0.3 is 14.6 Å². The summed E-state index contributed by atoms with van der Waals surface area (Å²) in [4.78, 5) is 19.9. The van der Waals surface area contributed by atoms with Gasteiger partial charge in [0.1, 0.15) is 11.6 Å². The summed E-state index contributed by atoms with van der Waals surface area (Å²) >= 11 is 0. The number of ether oxygens (including phenoxy) is 1. The Kier molecular flexibility index (Phi) is 5.79. The number of carbonyl (C=O) groups excluding carboxylic acids is 1. The summed E-state index contributed by atoms with van der Waals surface area (Å²) in [5, 5.41) is 2.57. The van der Waals surface area contributed by atoms with Crippen molar-refractivity contribution in [3.05, 3.63) is 103 Å². The Morgan fingerprint density at radius 2 is 1.94 bits per heavy atom. The zero-order valence-corrected chi connectivity index (χ0v) is 16.1. The molecule has 0 fully saturated rings. The third-order valence-electron chi connectivity index (χ3n) is 4.24. The number of pyridine rings is 1. The first-order chi connectivity index (χ1) is 15.1. The topological polar surface area (TPSA) is 69.0 Å². The molecule has 0 aliphatic heterocycles. The molecule has 154 valence electrons. The van der Waals surface area contributed by atoms with E-state index in [1.54, 1.807) is 42.9 Å².